The van der Waals surface area contributed by atoms with Gasteiger partial charge in [-0.3, -0.25) is 39.1 Å². The third-order valence-electron chi connectivity index (χ3n) is 13.3. The molecule has 58 heavy (non-hydrogen) atoms. The van der Waals surface area contributed by atoms with E-state index in [1.165, 1.54) is 0 Å². The van der Waals surface area contributed by atoms with E-state index >= 15 is 0 Å². The largest absolute Gasteiger partial charge is 0.371 e. The van der Waals surface area contributed by atoms with E-state index in [0.29, 0.717) is 71.9 Å². The van der Waals surface area contributed by atoms with Crippen molar-refractivity contribution in [3.8, 4) is 11.5 Å². The van der Waals surface area contributed by atoms with Crippen molar-refractivity contribution in [3.63, 3.8) is 0 Å². The van der Waals surface area contributed by atoms with E-state index < -0.39 is 29.7 Å². The molecule has 16 heteroatoms. The van der Waals surface area contributed by atoms with Gasteiger partial charge >= 0.3 is 0 Å². The summed E-state index contributed by atoms with van der Waals surface area (Å²) in [7, 11) is 0. The van der Waals surface area contributed by atoms with E-state index in [-0.39, 0.29) is 24.2 Å². The van der Waals surface area contributed by atoms with Crippen LogP contribution in [0.5, 0.6) is 0 Å². The Hall–Kier alpha value is -6.19. The van der Waals surface area contributed by atoms with Crippen LogP contribution in [0.1, 0.15) is 95.4 Å². The summed E-state index contributed by atoms with van der Waals surface area (Å²) in [6.07, 6.45) is 6.75. The number of benzene rings is 1. The molecule has 2 atom stereocenters. The number of nitrogens with zero attached hydrogens (tertiary/aromatic N) is 10. The van der Waals surface area contributed by atoms with Gasteiger partial charge in [-0.05, 0) is 88.1 Å². The second-order valence-corrected chi connectivity index (χ2v) is 16.5. The lowest BCUT2D eigenvalue weighted by molar-refractivity contribution is -0.136. The second kappa shape index (κ2) is 13.7. The Bertz CT molecular complexity index is 2400. The number of pyridine rings is 2. The van der Waals surface area contributed by atoms with Crippen molar-refractivity contribution < 1.29 is 24.0 Å². The van der Waals surface area contributed by atoms with Crippen molar-refractivity contribution in [2.45, 2.75) is 84.0 Å². The summed E-state index contributed by atoms with van der Waals surface area (Å²) >= 11 is 0. The molecule has 9 heterocycles. The maximum Gasteiger partial charge on any atom is 0.264 e. The van der Waals surface area contributed by atoms with Gasteiger partial charge in [0.25, 0.3) is 17.7 Å². The second-order valence-electron chi connectivity index (χ2n) is 16.5. The molecule has 6 aliphatic heterocycles. The molecule has 4 fully saturated rings. The predicted molar refractivity (Wildman–Crippen MR) is 214 cm³/mol. The molecule has 0 saturated carbocycles. The smallest absolute Gasteiger partial charge is 0.264 e. The van der Waals surface area contributed by atoms with Crippen LogP contribution in [-0.4, -0.2) is 104 Å². The van der Waals surface area contributed by atoms with Crippen LogP contribution in [0.2, 0.25) is 0 Å². The number of aryl methyl sites for hydroxylation is 1. The van der Waals surface area contributed by atoms with E-state index in [1.807, 2.05) is 41.8 Å². The third-order valence-corrected chi connectivity index (χ3v) is 13.3. The molecule has 1 N–H and O–H groups in total. The molecule has 4 saturated heterocycles. The monoisotopic (exact) mass is 783 g/mol. The number of anilines is 4. The van der Waals surface area contributed by atoms with E-state index in [1.54, 1.807) is 23.4 Å². The molecule has 0 bridgehead atoms. The fourth-order valence-corrected chi connectivity index (χ4v) is 10.0. The molecular formula is C42H45N11O5. The first-order valence-corrected chi connectivity index (χ1v) is 20.5. The molecule has 1 spiro atoms. The van der Waals surface area contributed by atoms with Gasteiger partial charge < -0.3 is 19.3 Å². The molecule has 4 aromatic rings. The Kier molecular flexibility index (Phi) is 8.56. The van der Waals surface area contributed by atoms with Crippen LogP contribution in [0.4, 0.5) is 23.1 Å². The van der Waals surface area contributed by atoms with Crippen molar-refractivity contribution in [2.24, 2.45) is 5.41 Å². The zero-order chi connectivity index (χ0) is 39.9. The highest BCUT2D eigenvalue weighted by atomic mass is 16.2. The van der Waals surface area contributed by atoms with Crippen LogP contribution in [0, 0.1) is 5.41 Å². The summed E-state index contributed by atoms with van der Waals surface area (Å²) in [6, 6.07) is 12.3. The first-order chi connectivity index (χ1) is 28.1. The average Bonchev–Trinajstić information content (AvgIpc) is 4.08. The van der Waals surface area contributed by atoms with E-state index in [4.69, 9.17) is 9.97 Å². The Balaban J connectivity index is 0.902. The highest BCUT2D eigenvalue weighted by Crippen LogP contribution is 2.46. The zero-order valence-electron chi connectivity index (χ0n) is 32.7. The molecular weight excluding hydrogens is 739 g/mol. The Labute approximate surface area is 335 Å². The number of hydrogen-bond donors (Lipinski definition) is 1. The number of nitrogens with one attached hydrogen (secondary N) is 1. The number of amides is 5. The first-order valence-electron chi connectivity index (χ1n) is 20.5. The number of fused-ring (bicyclic) bond motifs is 2. The molecule has 1 aromatic carbocycles. The average molecular weight is 784 g/mol. The summed E-state index contributed by atoms with van der Waals surface area (Å²) in [5.74, 6) is 0.829. The predicted octanol–water partition coefficient (Wildman–Crippen LogP) is 3.80. The molecule has 298 valence electrons. The summed E-state index contributed by atoms with van der Waals surface area (Å²) in [6.45, 7) is 9.19. The number of aromatic nitrogens is 5. The number of piperidine rings is 2. The number of hydrogen-bond acceptors (Lipinski definition) is 12. The number of imide groups is 2. The van der Waals surface area contributed by atoms with E-state index in [2.05, 4.69) is 37.1 Å². The molecule has 6 aliphatic rings. The highest BCUT2D eigenvalue weighted by Gasteiger charge is 2.48. The van der Waals surface area contributed by atoms with Crippen molar-refractivity contribution in [2.75, 3.05) is 52.3 Å². The van der Waals surface area contributed by atoms with Crippen LogP contribution in [-0.2, 0) is 22.7 Å². The van der Waals surface area contributed by atoms with Crippen LogP contribution in [0.3, 0.4) is 0 Å². The van der Waals surface area contributed by atoms with Gasteiger partial charge in [0.05, 0.1) is 28.9 Å². The summed E-state index contributed by atoms with van der Waals surface area (Å²) in [4.78, 5) is 86.2. The van der Waals surface area contributed by atoms with Gasteiger partial charge in [0, 0.05) is 57.3 Å². The van der Waals surface area contributed by atoms with Crippen LogP contribution >= 0.6 is 0 Å². The Morgan fingerprint density at radius 3 is 2.40 bits per heavy atom. The minimum Gasteiger partial charge on any atom is -0.371 e. The molecule has 1 unspecified atom stereocenters. The van der Waals surface area contributed by atoms with Crippen LogP contribution < -0.4 is 24.9 Å². The number of carbonyl (C=O) groups excluding carboxylic acids is 5. The van der Waals surface area contributed by atoms with Crippen molar-refractivity contribution >= 4 is 52.7 Å². The third kappa shape index (κ3) is 5.74. The SMILES string of the molecule is CCn1cnnc1-c1cccc(N2Cc3c(cc(N4CCC[C@H]4C)nc3N3CCC4(CCN(c5cccc6c5C(=O)N(C5CCC(=O)NC5=O)C6=O)CC4)C3)C2=O)n1. The normalized spacial score (nSPS) is 22.8. The first kappa shape index (κ1) is 36.2. The number of rotatable bonds is 7. The molecule has 16 nitrogen and oxygen atoms in total. The Morgan fingerprint density at radius 2 is 1.64 bits per heavy atom. The van der Waals surface area contributed by atoms with Gasteiger partial charge in [-0.25, -0.2) is 9.97 Å². The summed E-state index contributed by atoms with van der Waals surface area (Å²) in [5.41, 5.74) is 3.57. The van der Waals surface area contributed by atoms with Crippen molar-refractivity contribution in [3.05, 3.63) is 71.0 Å². The molecule has 0 radical (unpaired) electrons. The lowest BCUT2D eigenvalue weighted by atomic mass is 9.77. The minimum absolute atomic E-state index is 0.00591. The van der Waals surface area contributed by atoms with E-state index in [9.17, 15) is 24.0 Å². The van der Waals surface area contributed by atoms with E-state index in [0.717, 1.165) is 73.8 Å². The van der Waals surface area contributed by atoms with Crippen LogP contribution in [0.25, 0.3) is 11.5 Å². The maximum atomic E-state index is 14.4. The Morgan fingerprint density at radius 1 is 0.845 bits per heavy atom. The highest BCUT2D eigenvalue weighted by molar-refractivity contribution is 6.25. The van der Waals surface area contributed by atoms with Crippen molar-refractivity contribution in [1.82, 2.24) is 34.9 Å². The van der Waals surface area contributed by atoms with Gasteiger partial charge in [0.15, 0.2) is 5.82 Å². The molecule has 3 aromatic heterocycles. The summed E-state index contributed by atoms with van der Waals surface area (Å²) in [5, 5.41) is 10.6. The lowest BCUT2D eigenvalue weighted by Gasteiger charge is -2.41. The molecule has 5 amide bonds. The van der Waals surface area contributed by atoms with Gasteiger partial charge in [0.1, 0.15) is 35.5 Å². The minimum atomic E-state index is -1.01. The zero-order valence-corrected chi connectivity index (χ0v) is 32.7. The van der Waals surface area contributed by atoms with Gasteiger partial charge in [-0.2, -0.15) is 0 Å². The molecule has 0 aliphatic carbocycles. The topological polar surface area (TPSA) is 170 Å². The summed E-state index contributed by atoms with van der Waals surface area (Å²) < 4.78 is 1.93. The van der Waals surface area contributed by atoms with Gasteiger partial charge in [0.2, 0.25) is 11.8 Å². The van der Waals surface area contributed by atoms with Gasteiger partial charge in [-0.15, -0.1) is 10.2 Å². The lowest BCUT2D eigenvalue weighted by Crippen LogP contribution is -2.54. The fraction of sp³-hybridized carbons (Fsp3) is 0.452. The fourth-order valence-electron chi connectivity index (χ4n) is 10.0. The maximum absolute atomic E-state index is 14.4. The standard InChI is InChI=1S/C42H45N11O5/c1-3-48-24-43-47-37(48)29-9-5-11-32(44-29)52-22-28-27(39(52)56)21-33(51-17-6-7-25(51)2)45-36(28)50-20-16-42(23-50)14-18-49(19-15-42)30-10-4-8-26-35(30)41(58)53(40(26)57)31-12-13-34(54)46-38(31)55/h4-5,8-11,21,24-25,31H,3,6-7,12-20,22-23H2,1-2H3,(H,46,54,55)/t25-,31?/m1/s1. The molecule has 10 rings (SSSR count). The van der Waals surface area contributed by atoms with Crippen molar-refractivity contribution in [1.29, 1.82) is 0 Å². The van der Waals surface area contributed by atoms with Gasteiger partial charge in [-0.1, -0.05) is 12.1 Å². The van der Waals surface area contributed by atoms with Crippen LogP contribution in [0.15, 0.2) is 48.8 Å². The quantitative estimate of drug-likeness (QED) is 0.270. The number of carbonyl (C=O) groups is 5.